The average Bonchev–Trinajstić information content (AvgIpc) is 3.04. The van der Waals surface area contributed by atoms with Crippen molar-refractivity contribution in [2.45, 2.75) is 99.3 Å². The van der Waals surface area contributed by atoms with Gasteiger partial charge >= 0.3 is 6.03 Å². The molecule has 1 aromatic rings. The number of aldehydes is 1. The van der Waals surface area contributed by atoms with E-state index in [1.807, 2.05) is 58.9 Å². The number of amides is 7. The standard InChI is InChI=1S/C21H37N5O5.C9H11NO2.C2H4O.C2H6/c1-5-9-18(29)26(14-27)13-7-6-11-17(28)25-19(15(2)3)20(30)24-16(4)10-8-12-23-21(22)31;1-12-6-8-2-4-9(5-3-8)10-7-11;1-2-3;1-2/h5,9,14-16,19H,6-8,10-13H2,1-4H3,(H,24,30)(H,25,28)(H3,22,23,31);2-5,7H,6H2,1H3,(H,10,11);2H,1H3;1-2H3/b9-5-;;;. The van der Waals surface area contributed by atoms with Crippen LogP contribution in [0.4, 0.5) is 10.5 Å². The second-order valence-electron chi connectivity index (χ2n) is 10.4. The first-order valence-electron chi connectivity index (χ1n) is 16.1. The smallest absolute Gasteiger partial charge is 0.312 e. The Morgan fingerprint density at radius 1 is 0.938 bits per heavy atom. The molecule has 0 aliphatic heterocycles. The normalized spacial score (nSPS) is 11.0. The first-order valence-corrected chi connectivity index (χ1v) is 16.1. The Morgan fingerprint density at radius 3 is 2.02 bits per heavy atom. The molecule has 0 saturated heterocycles. The maximum Gasteiger partial charge on any atom is 0.312 e. The number of methoxy groups -OCH3 is 1. The summed E-state index contributed by atoms with van der Waals surface area (Å²) < 4.78 is 4.94. The van der Waals surface area contributed by atoms with Crippen LogP contribution in [0.3, 0.4) is 0 Å². The molecule has 272 valence electrons. The van der Waals surface area contributed by atoms with Gasteiger partial charge in [-0.3, -0.25) is 28.9 Å². The number of hydrogen-bond donors (Lipinski definition) is 5. The van der Waals surface area contributed by atoms with Crippen LogP contribution in [0.1, 0.15) is 86.1 Å². The third-order valence-electron chi connectivity index (χ3n) is 6.03. The number of carbonyl (C=O) groups is 7. The summed E-state index contributed by atoms with van der Waals surface area (Å²) in [7, 11) is 1.65. The molecule has 2 unspecified atom stereocenters. The van der Waals surface area contributed by atoms with Crippen LogP contribution in [0.5, 0.6) is 0 Å². The molecule has 0 fully saturated rings. The fourth-order valence-electron chi connectivity index (χ4n) is 3.76. The highest BCUT2D eigenvalue weighted by Gasteiger charge is 2.25. The number of urea groups is 1. The van der Waals surface area contributed by atoms with E-state index in [2.05, 4.69) is 21.3 Å². The second kappa shape index (κ2) is 32.4. The van der Waals surface area contributed by atoms with Crippen LogP contribution < -0.4 is 27.0 Å². The number of nitrogens with one attached hydrogen (secondary N) is 4. The van der Waals surface area contributed by atoms with E-state index >= 15 is 0 Å². The average molecular weight is 679 g/mol. The van der Waals surface area contributed by atoms with Crippen molar-refractivity contribution in [1.82, 2.24) is 20.9 Å². The van der Waals surface area contributed by atoms with Gasteiger partial charge in [-0.1, -0.05) is 45.9 Å². The van der Waals surface area contributed by atoms with E-state index in [9.17, 15) is 28.8 Å². The first-order chi connectivity index (χ1) is 22.9. The largest absolute Gasteiger partial charge is 0.380 e. The molecule has 0 radical (unpaired) electrons. The SMILES string of the molecule is C/C=C\C(=O)N(C=O)CCCCC(=O)NC(C(=O)NC(C)CCCNC(N)=O)C(C)C.CC.CC=O.COCc1ccc(NC=O)cc1. The Kier molecular flexibility index (Phi) is 32.2. The number of hydrogen-bond acceptors (Lipinski definition) is 8. The molecule has 0 heterocycles. The maximum absolute atomic E-state index is 12.6. The minimum Gasteiger partial charge on any atom is -0.380 e. The number of primary amides is 1. The zero-order chi connectivity index (χ0) is 37.3. The van der Waals surface area contributed by atoms with Crippen LogP contribution >= 0.6 is 0 Å². The predicted octanol–water partition coefficient (Wildman–Crippen LogP) is 3.44. The Balaban J connectivity index is -0.000000974. The summed E-state index contributed by atoms with van der Waals surface area (Å²) in [6.07, 6.45) is 7.23. The van der Waals surface area contributed by atoms with Crippen LogP contribution in [0, 0.1) is 5.92 Å². The van der Waals surface area contributed by atoms with Gasteiger partial charge in [0.25, 0.3) is 5.91 Å². The summed E-state index contributed by atoms with van der Waals surface area (Å²) in [5, 5.41) is 10.7. The van der Waals surface area contributed by atoms with Crippen molar-refractivity contribution in [3.05, 3.63) is 42.0 Å². The van der Waals surface area contributed by atoms with Crippen molar-refractivity contribution in [3.8, 4) is 0 Å². The van der Waals surface area contributed by atoms with Crippen LogP contribution in [0.15, 0.2) is 36.4 Å². The van der Waals surface area contributed by atoms with Crippen molar-refractivity contribution >= 4 is 48.5 Å². The molecule has 6 N–H and O–H groups in total. The van der Waals surface area contributed by atoms with Crippen LogP contribution in [0.2, 0.25) is 0 Å². The fourth-order valence-corrected chi connectivity index (χ4v) is 3.76. The van der Waals surface area contributed by atoms with E-state index in [1.165, 1.54) is 13.0 Å². The summed E-state index contributed by atoms with van der Waals surface area (Å²) in [5.74, 6) is -1.01. The van der Waals surface area contributed by atoms with Gasteiger partial charge in [-0.05, 0) is 76.1 Å². The monoisotopic (exact) mass is 678 g/mol. The van der Waals surface area contributed by atoms with Crippen molar-refractivity contribution < 1.29 is 38.3 Å². The lowest BCUT2D eigenvalue weighted by Crippen LogP contribution is -2.51. The third kappa shape index (κ3) is 26.6. The van der Waals surface area contributed by atoms with E-state index in [0.717, 1.165) is 22.4 Å². The van der Waals surface area contributed by atoms with Gasteiger partial charge in [0.05, 0.1) is 6.61 Å². The molecule has 1 rings (SSSR count). The van der Waals surface area contributed by atoms with Crippen molar-refractivity contribution in [2.24, 2.45) is 11.7 Å². The minimum absolute atomic E-state index is 0.100. The highest BCUT2D eigenvalue weighted by molar-refractivity contribution is 5.94. The molecule has 2 atom stereocenters. The molecule has 0 spiro atoms. The molecule has 0 saturated carbocycles. The van der Waals surface area contributed by atoms with Gasteiger partial charge in [0.15, 0.2) is 0 Å². The molecule has 48 heavy (non-hydrogen) atoms. The lowest BCUT2D eigenvalue weighted by atomic mass is 10.0. The molecule has 0 aliphatic carbocycles. The summed E-state index contributed by atoms with van der Waals surface area (Å²) in [4.78, 5) is 78.0. The van der Waals surface area contributed by atoms with Gasteiger partial charge in [-0.2, -0.15) is 0 Å². The van der Waals surface area contributed by atoms with Gasteiger partial charge < -0.3 is 36.5 Å². The molecule has 0 aromatic heterocycles. The Labute approximate surface area is 286 Å². The first kappa shape index (κ1) is 47.8. The number of imide groups is 1. The Hall–Kier alpha value is -4.59. The van der Waals surface area contributed by atoms with Crippen molar-refractivity contribution in [1.29, 1.82) is 0 Å². The number of nitrogens with two attached hydrogens (primary N) is 1. The second-order valence-corrected chi connectivity index (χ2v) is 10.4. The molecule has 7 amide bonds. The van der Waals surface area contributed by atoms with E-state index in [-0.39, 0.29) is 36.7 Å². The molecule has 0 bridgehead atoms. The van der Waals surface area contributed by atoms with Crippen molar-refractivity contribution in [2.75, 3.05) is 25.5 Å². The molecular weight excluding hydrogens is 620 g/mol. The number of ether oxygens (including phenoxy) is 1. The zero-order valence-corrected chi connectivity index (χ0v) is 29.9. The lowest BCUT2D eigenvalue weighted by Gasteiger charge is -2.24. The number of anilines is 1. The molecule has 0 aliphatic rings. The molecule has 14 heteroatoms. The topological polar surface area (TPSA) is 206 Å². The van der Waals surface area contributed by atoms with E-state index in [4.69, 9.17) is 15.3 Å². The number of unbranched alkanes of at least 4 members (excludes halogenated alkanes) is 1. The zero-order valence-electron chi connectivity index (χ0n) is 29.9. The molecule has 1 aromatic carbocycles. The number of benzene rings is 1. The number of allylic oxidation sites excluding steroid dienone is 1. The Bertz CT molecular complexity index is 1080. The minimum atomic E-state index is -0.665. The lowest BCUT2D eigenvalue weighted by molar-refractivity contribution is -0.134. The van der Waals surface area contributed by atoms with Crippen LogP contribution in [-0.2, 0) is 40.1 Å². The highest BCUT2D eigenvalue weighted by atomic mass is 16.5. The van der Waals surface area contributed by atoms with Crippen LogP contribution in [0.25, 0.3) is 0 Å². The van der Waals surface area contributed by atoms with E-state index in [1.54, 1.807) is 20.1 Å². The van der Waals surface area contributed by atoms with Gasteiger partial charge in [-0.25, -0.2) is 4.79 Å². The van der Waals surface area contributed by atoms with Gasteiger partial charge in [0.1, 0.15) is 12.3 Å². The maximum atomic E-state index is 12.6. The highest BCUT2D eigenvalue weighted by Crippen LogP contribution is 2.09. The third-order valence-corrected chi connectivity index (χ3v) is 6.03. The quantitative estimate of drug-likeness (QED) is 0.0830. The van der Waals surface area contributed by atoms with E-state index in [0.29, 0.717) is 51.7 Å². The summed E-state index contributed by atoms with van der Waals surface area (Å²) in [5.41, 5.74) is 6.89. The predicted molar refractivity (Wildman–Crippen MR) is 188 cm³/mol. The number of rotatable bonds is 19. The van der Waals surface area contributed by atoms with Gasteiger partial charge in [0.2, 0.25) is 24.6 Å². The van der Waals surface area contributed by atoms with Crippen molar-refractivity contribution in [3.63, 3.8) is 0 Å². The van der Waals surface area contributed by atoms with Crippen LogP contribution in [-0.4, -0.2) is 80.0 Å². The summed E-state index contributed by atoms with van der Waals surface area (Å²) in [6, 6.07) is 6.13. The van der Waals surface area contributed by atoms with Gasteiger partial charge in [0, 0.05) is 38.3 Å². The number of carbonyl (C=O) groups excluding carboxylic acids is 7. The molecular formula is C34H58N6O8. The Morgan fingerprint density at radius 2 is 1.54 bits per heavy atom. The summed E-state index contributed by atoms with van der Waals surface area (Å²) in [6.45, 7) is 13.9. The van der Waals surface area contributed by atoms with Gasteiger partial charge in [-0.15, -0.1) is 0 Å². The van der Waals surface area contributed by atoms with E-state index < -0.39 is 18.0 Å². The summed E-state index contributed by atoms with van der Waals surface area (Å²) >= 11 is 0. The fraction of sp³-hybridized carbons (Fsp3) is 0.559. The molecule has 14 nitrogen and oxygen atoms in total. The number of nitrogens with zero attached hydrogens (tertiary/aromatic N) is 1.